The zero-order chi connectivity index (χ0) is 14.2. The van der Waals surface area contributed by atoms with E-state index in [1.807, 2.05) is 30.0 Å². The van der Waals surface area contributed by atoms with Crippen LogP contribution >= 0.6 is 35.0 Å². The summed E-state index contributed by atoms with van der Waals surface area (Å²) >= 11 is 2.27. The molecule has 1 heterocycles. The number of benzene rings is 1. The first-order chi connectivity index (χ1) is 8.83. The van der Waals surface area contributed by atoms with Crippen molar-refractivity contribution in [1.82, 2.24) is 4.90 Å². The maximum absolute atomic E-state index is 12.6. The Kier molecular flexibility index (Phi) is 5.87. The molecule has 3 nitrogen and oxygen atoms in total. The maximum Gasteiger partial charge on any atom is 0.254 e. The molecule has 1 aliphatic heterocycles. The van der Waals surface area contributed by atoms with Gasteiger partial charge in [-0.1, -0.05) is 19.9 Å². The molecule has 0 radical (unpaired) electrons. The highest BCUT2D eigenvalue weighted by molar-refractivity contribution is 14.1. The summed E-state index contributed by atoms with van der Waals surface area (Å²) in [7, 11) is 0. The van der Waals surface area contributed by atoms with Gasteiger partial charge in [-0.3, -0.25) is 4.79 Å². The molecule has 1 aromatic carbocycles. The lowest BCUT2D eigenvalue weighted by atomic mass is 9.79. The van der Waals surface area contributed by atoms with Crippen molar-refractivity contribution in [3.8, 4) is 0 Å². The molecule has 1 fully saturated rings. The largest absolute Gasteiger partial charge is 0.338 e. The van der Waals surface area contributed by atoms with Crippen molar-refractivity contribution >= 4 is 40.9 Å². The maximum atomic E-state index is 12.6. The molecule has 1 unspecified atom stereocenters. The molecular weight excluding hydrogens is 387 g/mol. The number of piperidine rings is 1. The fourth-order valence-corrected chi connectivity index (χ4v) is 3.05. The van der Waals surface area contributed by atoms with E-state index in [0.717, 1.165) is 34.2 Å². The Morgan fingerprint density at radius 3 is 2.70 bits per heavy atom. The molecule has 5 heteroatoms. The first kappa shape index (κ1) is 17.7. The third kappa shape index (κ3) is 3.46. The molecule has 1 aliphatic rings. The highest BCUT2D eigenvalue weighted by Crippen LogP contribution is 2.29. The molecule has 0 aromatic heterocycles. The molecule has 0 spiro atoms. The topological polar surface area (TPSA) is 46.3 Å². The summed E-state index contributed by atoms with van der Waals surface area (Å²) in [4.78, 5) is 14.6. The van der Waals surface area contributed by atoms with E-state index in [2.05, 4.69) is 36.4 Å². The van der Waals surface area contributed by atoms with Gasteiger partial charge < -0.3 is 10.6 Å². The second-order valence-electron chi connectivity index (χ2n) is 6.02. The summed E-state index contributed by atoms with van der Waals surface area (Å²) < 4.78 is 1.14. The number of rotatable bonds is 1. The fourth-order valence-electron chi connectivity index (χ4n) is 2.56. The first-order valence-corrected chi connectivity index (χ1v) is 7.71. The van der Waals surface area contributed by atoms with E-state index >= 15 is 0 Å². The number of nitrogens with two attached hydrogens (primary N) is 1. The average molecular weight is 409 g/mol. The van der Waals surface area contributed by atoms with Gasteiger partial charge in [-0.15, -0.1) is 12.4 Å². The van der Waals surface area contributed by atoms with Gasteiger partial charge >= 0.3 is 0 Å². The second-order valence-corrected chi connectivity index (χ2v) is 7.19. The van der Waals surface area contributed by atoms with Gasteiger partial charge in [-0.05, 0) is 59.0 Å². The lowest BCUT2D eigenvalue weighted by Gasteiger charge is -2.42. The van der Waals surface area contributed by atoms with E-state index in [1.165, 1.54) is 0 Å². The third-order valence-corrected chi connectivity index (χ3v) is 5.27. The quantitative estimate of drug-likeness (QED) is 0.725. The lowest BCUT2D eigenvalue weighted by molar-refractivity contribution is 0.0532. The van der Waals surface area contributed by atoms with E-state index in [4.69, 9.17) is 5.73 Å². The zero-order valence-electron chi connectivity index (χ0n) is 12.1. The molecule has 2 N–H and O–H groups in total. The predicted molar refractivity (Wildman–Crippen MR) is 93.4 cm³/mol. The highest BCUT2D eigenvalue weighted by Gasteiger charge is 2.35. The summed E-state index contributed by atoms with van der Waals surface area (Å²) in [6.07, 6.45) is 0.877. The molecular formula is C15H22ClIN2O. The van der Waals surface area contributed by atoms with E-state index in [1.54, 1.807) is 0 Å². The third-order valence-electron chi connectivity index (χ3n) is 4.10. The van der Waals surface area contributed by atoms with Gasteiger partial charge in [0.2, 0.25) is 0 Å². The Bertz CT molecular complexity index is 505. The average Bonchev–Trinajstić information content (AvgIpc) is 2.35. The molecule has 0 aliphatic carbocycles. The second kappa shape index (κ2) is 6.62. The van der Waals surface area contributed by atoms with Crippen molar-refractivity contribution < 1.29 is 4.79 Å². The summed E-state index contributed by atoms with van der Waals surface area (Å²) in [5.74, 6) is 0.135. The number of hydrogen-bond donors (Lipinski definition) is 1. The summed E-state index contributed by atoms with van der Waals surface area (Å²) in [6.45, 7) is 7.78. The fraction of sp³-hybridized carbons (Fsp3) is 0.533. The van der Waals surface area contributed by atoms with Crippen LogP contribution in [-0.2, 0) is 0 Å². The standard InChI is InChI=1S/C15H21IN2O.ClH/c1-10-11(5-4-6-12(10)16)14(19)18-8-7-13(17)15(2,3)9-18;/h4-6,13H,7-9,17H2,1-3H3;1H. The number of carbonyl (C=O) groups is 1. The van der Waals surface area contributed by atoms with Crippen molar-refractivity contribution in [2.75, 3.05) is 13.1 Å². The highest BCUT2D eigenvalue weighted by atomic mass is 127. The van der Waals surface area contributed by atoms with Gasteiger partial charge in [0.05, 0.1) is 0 Å². The van der Waals surface area contributed by atoms with Crippen LogP contribution in [0, 0.1) is 15.9 Å². The minimum absolute atomic E-state index is 0. The van der Waals surface area contributed by atoms with E-state index in [0.29, 0.717) is 0 Å². The Morgan fingerprint density at radius 1 is 1.45 bits per heavy atom. The Morgan fingerprint density at radius 2 is 2.10 bits per heavy atom. The number of hydrogen-bond acceptors (Lipinski definition) is 2. The first-order valence-electron chi connectivity index (χ1n) is 6.63. The minimum Gasteiger partial charge on any atom is -0.338 e. The zero-order valence-corrected chi connectivity index (χ0v) is 15.1. The molecule has 2 rings (SSSR count). The van der Waals surface area contributed by atoms with Crippen molar-refractivity contribution in [2.45, 2.75) is 33.2 Å². The van der Waals surface area contributed by atoms with Crippen LogP contribution in [0.1, 0.15) is 36.2 Å². The number of carbonyl (C=O) groups excluding carboxylic acids is 1. The van der Waals surface area contributed by atoms with Gasteiger partial charge in [0, 0.05) is 28.3 Å². The van der Waals surface area contributed by atoms with E-state index < -0.39 is 0 Å². The van der Waals surface area contributed by atoms with Crippen LogP contribution in [0.4, 0.5) is 0 Å². The molecule has 20 heavy (non-hydrogen) atoms. The van der Waals surface area contributed by atoms with Crippen molar-refractivity contribution in [2.24, 2.45) is 11.1 Å². The lowest BCUT2D eigenvalue weighted by Crippen LogP contribution is -2.54. The van der Waals surface area contributed by atoms with Crippen LogP contribution < -0.4 is 5.73 Å². The predicted octanol–water partition coefficient (Wildman–Crippen LogP) is 3.22. The summed E-state index contributed by atoms with van der Waals surface area (Å²) in [6, 6.07) is 6.07. The summed E-state index contributed by atoms with van der Waals surface area (Å²) in [5, 5.41) is 0. The van der Waals surface area contributed by atoms with Crippen LogP contribution in [0.5, 0.6) is 0 Å². The van der Waals surface area contributed by atoms with E-state index in [-0.39, 0.29) is 29.8 Å². The van der Waals surface area contributed by atoms with Crippen LogP contribution in [0.3, 0.4) is 0 Å². The molecule has 1 aromatic rings. The molecule has 1 saturated heterocycles. The molecule has 0 bridgehead atoms. The van der Waals surface area contributed by atoms with Crippen LogP contribution in [0.2, 0.25) is 0 Å². The molecule has 0 saturated carbocycles. The van der Waals surface area contributed by atoms with E-state index in [9.17, 15) is 4.79 Å². The number of halogens is 2. The van der Waals surface area contributed by atoms with Gasteiger partial charge in [-0.2, -0.15) is 0 Å². The Balaban J connectivity index is 0.00000200. The van der Waals surface area contributed by atoms with Crippen molar-refractivity contribution in [1.29, 1.82) is 0 Å². The Hall–Kier alpha value is -0.330. The molecule has 112 valence electrons. The van der Waals surface area contributed by atoms with Gasteiger partial charge in [0.1, 0.15) is 0 Å². The smallest absolute Gasteiger partial charge is 0.254 e. The molecule has 1 atom stereocenters. The Labute approximate surface area is 140 Å². The molecule has 1 amide bonds. The van der Waals surface area contributed by atoms with Crippen molar-refractivity contribution in [3.63, 3.8) is 0 Å². The van der Waals surface area contributed by atoms with Gasteiger partial charge in [-0.25, -0.2) is 0 Å². The van der Waals surface area contributed by atoms with Gasteiger partial charge in [0.25, 0.3) is 5.91 Å². The number of likely N-dealkylation sites (tertiary alicyclic amines) is 1. The van der Waals surface area contributed by atoms with Gasteiger partial charge in [0.15, 0.2) is 0 Å². The SMILES string of the molecule is Cc1c(I)cccc1C(=O)N1CCC(N)C(C)(C)C1.Cl. The van der Waals surface area contributed by atoms with Crippen LogP contribution in [-0.4, -0.2) is 29.9 Å². The summed E-state index contributed by atoms with van der Waals surface area (Å²) in [5.41, 5.74) is 8.01. The normalized spacial score (nSPS) is 21.2. The number of nitrogens with zero attached hydrogens (tertiary/aromatic N) is 1. The van der Waals surface area contributed by atoms with Crippen molar-refractivity contribution in [3.05, 3.63) is 32.9 Å². The monoisotopic (exact) mass is 408 g/mol. The van der Waals surface area contributed by atoms with Crippen LogP contribution in [0.15, 0.2) is 18.2 Å². The van der Waals surface area contributed by atoms with Crippen LogP contribution in [0.25, 0.3) is 0 Å². The number of amides is 1. The minimum atomic E-state index is -0.0102.